The number of furan rings is 1. The summed E-state index contributed by atoms with van der Waals surface area (Å²) in [5.41, 5.74) is 0.285. The topological polar surface area (TPSA) is 82.7 Å². The van der Waals surface area contributed by atoms with Gasteiger partial charge in [0.1, 0.15) is 17.6 Å². The average Bonchev–Trinajstić information content (AvgIpc) is 2.92. The van der Waals surface area contributed by atoms with Gasteiger partial charge in [0, 0.05) is 5.56 Å². The van der Waals surface area contributed by atoms with E-state index >= 15 is 0 Å². The van der Waals surface area contributed by atoms with E-state index in [4.69, 9.17) is 16.0 Å². The van der Waals surface area contributed by atoms with Crippen LogP contribution < -0.4 is 5.32 Å². The molecule has 1 amide bonds. The molecule has 1 unspecified atom stereocenters. The number of aromatic hydroxyl groups is 1. The Labute approximate surface area is 114 Å². The fourth-order valence-electron chi connectivity index (χ4n) is 1.59. The summed E-state index contributed by atoms with van der Waals surface area (Å²) in [6, 6.07) is 6.82. The van der Waals surface area contributed by atoms with Crippen molar-refractivity contribution in [2.24, 2.45) is 0 Å². The van der Waals surface area contributed by atoms with Gasteiger partial charge < -0.3 is 19.9 Å². The van der Waals surface area contributed by atoms with Crippen LogP contribution in [0.3, 0.4) is 0 Å². The maximum atomic E-state index is 12.0. The van der Waals surface area contributed by atoms with Crippen LogP contribution in [0.5, 0.6) is 5.75 Å². The van der Waals surface area contributed by atoms with Gasteiger partial charge in [-0.2, -0.15) is 0 Å². The third kappa shape index (κ3) is 3.07. The number of hydrogen-bond donors (Lipinski definition) is 3. The summed E-state index contributed by atoms with van der Waals surface area (Å²) in [5.74, 6) is -0.0546. The molecule has 2 aromatic rings. The van der Waals surface area contributed by atoms with E-state index in [0.717, 1.165) is 0 Å². The number of halogens is 1. The Kier molecular flexibility index (Phi) is 4.09. The van der Waals surface area contributed by atoms with Crippen molar-refractivity contribution in [1.29, 1.82) is 0 Å². The summed E-state index contributed by atoms with van der Waals surface area (Å²) in [5, 5.41) is 21.2. The lowest BCUT2D eigenvalue weighted by Gasteiger charge is -2.14. The number of carbonyl (C=O) groups is 1. The number of benzene rings is 1. The number of amides is 1. The number of carbonyl (C=O) groups excluding carboxylic acids is 1. The number of hydrogen-bond acceptors (Lipinski definition) is 4. The lowest BCUT2D eigenvalue weighted by atomic mass is 10.1. The minimum absolute atomic E-state index is 0.0891. The fourth-order valence-corrected chi connectivity index (χ4v) is 1.77. The molecule has 2 rings (SSSR count). The second-order valence-corrected chi connectivity index (χ2v) is 4.30. The first kappa shape index (κ1) is 13.5. The van der Waals surface area contributed by atoms with Crippen LogP contribution in [0.1, 0.15) is 22.2 Å². The van der Waals surface area contributed by atoms with Crippen LogP contribution in [-0.4, -0.2) is 22.7 Å². The van der Waals surface area contributed by atoms with Gasteiger partial charge >= 0.3 is 0 Å². The molecule has 0 aliphatic heterocycles. The first-order valence-electron chi connectivity index (χ1n) is 5.55. The molecule has 0 aliphatic rings. The zero-order chi connectivity index (χ0) is 13.8. The maximum Gasteiger partial charge on any atom is 0.252 e. The molecule has 0 fully saturated rings. The first-order chi connectivity index (χ1) is 9.11. The molecule has 0 saturated carbocycles. The Morgan fingerprint density at radius 2 is 2.21 bits per heavy atom. The van der Waals surface area contributed by atoms with Crippen molar-refractivity contribution >= 4 is 17.5 Å². The van der Waals surface area contributed by atoms with Crippen molar-refractivity contribution in [3.63, 3.8) is 0 Å². The summed E-state index contributed by atoms with van der Waals surface area (Å²) in [6.07, 6.45) is 1.46. The maximum absolute atomic E-state index is 12.0. The summed E-state index contributed by atoms with van der Waals surface area (Å²) >= 11 is 5.73. The Hall–Kier alpha value is -1.98. The van der Waals surface area contributed by atoms with E-state index in [0.29, 0.717) is 5.76 Å². The second-order valence-electron chi connectivity index (χ2n) is 3.89. The second kappa shape index (κ2) is 5.77. The largest absolute Gasteiger partial charge is 0.506 e. The molecule has 5 nitrogen and oxygen atoms in total. The minimum atomic E-state index is -0.630. The number of phenols is 1. The predicted octanol–water partition coefficient (Wildman–Crippen LogP) is 2.10. The fraction of sp³-hybridized carbons (Fsp3) is 0.154. The summed E-state index contributed by atoms with van der Waals surface area (Å²) in [4.78, 5) is 12.0. The van der Waals surface area contributed by atoms with Crippen molar-refractivity contribution in [3.05, 3.63) is 52.9 Å². The van der Waals surface area contributed by atoms with Crippen LogP contribution in [0.4, 0.5) is 0 Å². The zero-order valence-electron chi connectivity index (χ0n) is 9.84. The number of phenolic OH excluding ortho intramolecular Hbond substituents is 1. The van der Waals surface area contributed by atoms with Gasteiger partial charge in [-0.05, 0) is 30.3 Å². The van der Waals surface area contributed by atoms with Crippen molar-refractivity contribution in [2.45, 2.75) is 6.04 Å². The molecular weight excluding hydrogens is 270 g/mol. The number of rotatable bonds is 4. The lowest BCUT2D eigenvalue weighted by Crippen LogP contribution is -2.30. The Bertz CT molecular complexity index is 568. The van der Waals surface area contributed by atoms with Gasteiger partial charge in [0.05, 0.1) is 17.9 Å². The average molecular weight is 282 g/mol. The van der Waals surface area contributed by atoms with Gasteiger partial charge in [-0.3, -0.25) is 4.79 Å². The highest BCUT2D eigenvalue weighted by atomic mass is 35.5. The Morgan fingerprint density at radius 1 is 1.42 bits per heavy atom. The van der Waals surface area contributed by atoms with E-state index in [-0.39, 0.29) is 22.9 Å². The molecule has 0 aliphatic carbocycles. The molecule has 1 aromatic heterocycles. The van der Waals surface area contributed by atoms with Crippen LogP contribution in [0.15, 0.2) is 41.0 Å². The van der Waals surface area contributed by atoms with Crippen LogP contribution in [0.25, 0.3) is 0 Å². The van der Waals surface area contributed by atoms with Crippen molar-refractivity contribution < 1.29 is 19.4 Å². The van der Waals surface area contributed by atoms with Crippen molar-refractivity contribution in [1.82, 2.24) is 5.32 Å². The molecule has 19 heavy (non-hydrogen) atoms. The van der Waals surface area contributed by atoms with Crippen LogP contribution in [0.2, 0.25) is 5.02 Å². The van der Waals surface area contributed by atoms with Gasteiger partial charge in [-0.1, -0.05) is 11.6 Å². The van der Waals surface area contributed by atoms with Crippen LogP contribution >= 0.6 is 11.6 Å². The normalized spacial score (nSPS) is 12.1. The van der Waals surface area contributed by atoms with E-state index in [2.05, 4.69) is 5.32 Å². The van der Waals surface area contributed by atoms with Gasteiger partial charge in [-0.15, -0.1) is 0 Å². The van der Waals surface area contributed by atoms with Gasteiger partial charge in [0.2, 0.25) is 0 Å². The summed E-state index contributed by atoms with van der Waals surface area (Å²) in [6.45, 7) is -0.287. The van der Waals surface area contributed by atoms with Crippen LogP contribution in [-0.2, 0) is 0 Å². The lowest BCUT2D eigenvalue weighted by molar-refractivity contribution is 0.0907. The molecule has 1 atom stereocenters. The monoisotopic (exact) mass is 281 g/mol. The predicted molar refractivity (Wildman–Crippen MR) is 69.1 cm³/mol. The smallest absolute Gasteiger partial charge is 0.252 e. The summed E-state index contributed by atoms with van der Waals surface area (Å²) < 4.78 is 5.13. The zero-order valence-corrected chi connectivity index (χ0v) is 10.6. The van der Waals surface area contributed by atoms with E-state index < -0.39 is 11.9 Å². The third-order valence-electron chi connectivity index (χ3n) is 2.58. The molecule has 0 radical (unpaired) electrons. The van der Waals surface area contributed by atoms with E-state index in [1.807, 2.05) is 0 Å². The highest BCUT2D eigenvalue weighted by Crippen LogP contribution is 2.24. The first-order valence-corrected chi connectivity index (χ1v) is 5.93. The quantitative estimate of drug-likeness (QED) is 0.801. The van der Waals surface area contributed by atoms with E-state index in [9.17, 15) is 15.0 Å². The molecule has 0 bridgehead atoms. The molecule has 3 N–H and O–H groups in total. The van der Waals surface area contributed by atoms with Gasteiger partial charge in [-0.25, -0.2) is 0 Å². The number of aliphatic hydroxyl groups is 1. The molecule has 1 aromatic carbocycles. The summed E-state index contributed by atoms with van der Waals surface area (Å²) in [7, 11) is 0. The van der Waals surface area contributed by atoms with E-state index in [1.165, 1.54) is 24.5 Å². The standard InChI is InChI=1S/C13H12ClNO4/c14-9-6-8(3-4-11(9)17)13(18)15-10(7-16)12-2-1-5-19-12/h1-6,10,16-17H,7H2,(H,15,18). The molecule has 0 spiro atoms. The van der Waals surface area contributed by atoms with Gasteiger partial charge in [0.25, 0.3) is 5.91 Å². The Morgan fingerprint density at radius 3 is 2.79 bits per heavy atom. The number of aliphatic hydroxyl groups excluding tert-OH is 1. The SMILES string of the molecule is O=C(NC(CO)c1ccco1)c1ccc(O)c(Cl)c1. The highest BCUT2D eigenvalue weighted by Gasteiger charge is 2.17. The molecule has 0 saturated heterocycles. The van der Waals surface area contributed by atoms with E-state index in [1.54, 1.807) is 12.1 Å². The molecule has 6 heteroatoms. The van der Waals surface area contributed by atoms with Crippen molar-refractivity contribution in [3.8, 4) is 5.75 Å². The number of nitrogens with one attached hydrogen (secondary N) is 1. The third-order valence-corrected chi connectivity index (χ3v) is 2.89. The Balaban J connectivity index is 2.13. The minimum Gasteiger partial charge on any atom is -0.506 e. The highest BCUT2D eigenvalue weighted by molar-refractivity contribution is 6.32. The van der Waals surface area contributed by atoms with Crippen molar-refractivity contribution in [2.75, 3.05) is 6.61 Å². The molecule has 1 heterocycles. The molecular formula is C13H12ClNO4. The van der Waals surface area contributed by atoms with Crippen LogP contribution in [0, 0.1) is 0 Å². The van der Waals surface area contributed by atoms with Gasteiger partial charge in [0.15, 0.2) is 0 Å². The molecule has 100 valence electrons.